The first kappa shape index (κ1) is 14.3. The molecular weight excluding hydrogens is 350 g/mol. The molecule has 0 amide bonds. The molecule has 1 aromatic heterocycles. The molecule has 2 rings (SSSR count). The molecular formula is C11H12BrN3S3. The van der Waals surface area contributed by atoms with Crippen LogP contribution in [0, 0.1) is 0 Å². The largest absolute Gasteiger partial charge is 0.324 e. The van der Waals surface area contributed by atoms with Crippen LogP contribution in [-0.4, -0.2) is 16.5 Å². The van der Waals surface area contributed by atoms with Crippen LogP contribution in [0.1, 0.15) is 18.5 Å². The van der Waals surface area contributed by atoms with Crippen molar-refractivity contribution in [3.8, 4) is 0 Å². The lowest BCUT2D eigenvalue weighted by molar-refractivity contribution is 0.815. The molecule has 0 fully saturated rings. The summed E-state index contributed by atoms with van der Waals surface area (Å²) in [6.07, 6.45) is 2.00. The Morgan fingerprint density at radius 3 is 2.61 bits per heavy atom. The van der Waals surface area contributed by atoms with Gasteiger partial charge in [-0.15, -0.1) is 10.2 Å². The third-order valence-corrected chi connectivity index (χ3v) is 6.19. The predicted molar refractivity (Wildman–Crippen MR) is 82.6 cm³/mol. The van der Waals surface area contributed by atoms with Crippen LogP contribution >= 0.6 is 50.8 Å². The van der Waals surface area contributed by atoms with Crippen molar-refractivity contribution < 1.29 is 0 Å². The minimum absolute atomic E-state index is 0.0463. The fourth-order valence-electron chi connectivity index (χ4n) is 1.30. The van der Waals surface area contributed by atoms with Crippen molar-refractivity contribution in [3.05, 3.63) is 28.2 Å². The van der Waals surface area contributed by atoms with Gasteiger partial charge in [0.25, 0.3) is 0 Å². The molecule has 7 heteroatoms. The highest BCUT2D eigenvalue weighted by Crippen LogP contribution is 2.37. The maximum absolute atomic E-state index is 5.86. The summed E-state index contributed by atoms with van der Waals surface area (Å²) >= 11 is 8.41. The first-order chi connectivity index (χ1) is 8.60. The molecule has 0 bridgehead atoms. The minimum Gasteiger partial charge on any atom is -0.324 e. The minimum atomic E-state index is 0.0463. The zero-order valence-electron chi connectivity index (χ0n) is 9.88. The average molecular weight is 362 g/mol. The zero-order chi connectivity index (χ0) is 13.1. The number of nitrogens with two attached hydrogens (primary N) is 1. The van der Waals surface area contributed by atoms with Crippen LogP contribution in [0.2, 0.25) is 0 Å². The number of thioether (sulfide) groups is 1. The number of nitrogens with zero attached hydrogens (tertiary/aromatic N) is 2. The van der Waals surface area contributed by atoms with Crippen LogP contribution in [0.4, 0.5) is 0 Å². The summed E-state index contributed by atoms with van der Waals surface area (Å²) in [5, 5.41) is 8.23. The van der Waals surface area contributed by atoms with Crippen molar-refractivity contribution in [1.82, 2.24) is 10.2 Å². The molecule has 0 aliphatic heterocycles. The van der Waals surface area contributed by atoms with E-state index >= 15 is 0 Å². The van der Waals surface area contributed by atoms with Gasteiger partial charge >= 0.3 is 0 Å². The van der Waals surface area contributed by atoms with E-state index in [1.165, 1.54) is 0 Å². The van der Waals surface area contributed by atoms with Crippen molar-refractivity contribution >= 4 is 50.8 Å². The van der Waals surface area contributed by atoms with Crippen molar-refractivity contribution in [2.45, 2.75) is 26.5 Å². The Morgan fingerprint density at radius 2 is 2.06 bits per heavy atom. The summed E-state index contributed by atoms with van der Waals surface area (Å²) in [5.74, 6) is 0. The van der Waals surface area contributed by atoms with Gasteiger partial charge in [0.15, 0.2) is 8.68 Å². The van der Waals surface area contributed by atoms with Gasteiger partial charge in [-0.3, -0.25) is 0 Å². The van der Waals surface area contributed by atoms with Crippen LogP contribution in [0.5, 0.6) is 0 Å². The van der Waals surface area contributed by atoms with Gasteiger partial charge in [-0.25, -0.2) is 0 Å². The second kappa shape index (κ2) is 6.38. The van der Waals surface area contributed by atoms with E-state index in [4.69, 9.17) is 5.73 Å². The topological polar surface area (TPSA) is 51.8 Å². The Morgan fingerprint density at radius 1 is 1.33 bits per heavy atom. The van der Waals surface area contributed by atoms with Crippen LogP contribution in [-0.2, 0) is 0 Å². The molecule has 0 aliphatic rings. The van der Waals surface area contributed by atoms with E-state index in [2.05, 4.69) is 38.3 Å². The maximum atomic E-state index is 5.86. The van der Waals surface area contributed by atoms with Gasteiger partial charge in [0, 0.05) is 15.4 Å². The van der Waals surface area contributed by atoms with E-state index in [9.17, 15) is 0 Å². The van der Waals surface area contributed by atoms with E-state index in [1.807, 2.05) is 19.2 Å². The molecule has 2 aromatic rings. The van der Waals surface area contributed by atoms with Gasteiger partial charge in [-0.1, -0.05) is 40.9 Å². The number of hydrogen-bond acceptors (Lipinski definition) is 6. The Kier molecular flexibility index (Phi) is 5.08. The monoisotopic (exact) mass is 361 g/mol. The predicted octanol–water partition coefficient (Wildman–Crippen LogP) is 4.19. The normalized spacial score (nSPS) is 12.7. The fourth-order valence-corrected chi connectivity index (χ4v) is 4.34. The molecule has 0 saturated heterocycles. The van der Waals surface area contributed by atoms with Gasteiger partial charge in [0.05, 0.1) is 0 Å². The summed E-state index contributed by atoms with van der Waals surface area (Å²) < 4.78 is 2.98. The van der Waals surface area contributed by atoms with Crippen LogP contribution in [0.3, 0.4) is 0 Å². The first-order valence-corrected chi connectivity index (χ1v) is 8.85. The molecule has 0 unspecified atom stereocenters. The summed E-state index contributed by atoms with van der Waals surface area (Å²) in [6.45, 7) is 1.98. The van der Waals surface area contributed by atoms with Crippen LogP contribution < -0.4 is 5.73 Å². The molecule has 1 atom stereocenters. The summed E-state index contributed by atoms with van der Waals surface area (Å²) in [5.41, 5.74) is 6.97. The van der Waals surface area contributed by atoms with E-state index < -0.39 is 0 Å². The highest BCUT2D eigenvalue weighted by atomic mass is 79.9. The lowest BCUT2D eigenvalue weighted by Gasteiger charge is -2.08. The quantitative estimate of drug-likeness (QED) is 0.827. The molecule has 18 heavy (non-hydrogen) atoms. The molecule has 1 aromatic carbocycles. The highest BCUT2D eigenvalue weighted by Gasteiger charge is 2.09. The molecule has 0 spiro atoms. The number of benzene rings is 1. The van der Waals surface area contributed by atoms with Crippen LogP contribution in [0.15, 0.2) is 36.2 Å². The fraction of sp³-hybridized carbons (Fsp3) is 0.273. The Hall–Kier alpha value is -0.0800. The van der Waals surface area contributed by atoms with E-state index in [1.54, 1.807) is 34.9 Å². The van der Waals surface area contributed by atoms with E-state index in [0.717, 1.165) is 23.6 Å². The van der Waals surface area contributed by atoms with E-state index in [-0.39, 0.29) is 6.04 Å². The van der Waals surface area contributed by atoms with Gasteiger partial charge in [0.1, 0.15) is 0 Å². The third-order valence-electron chi connectivity index (χ3n) is 2.24. The summed E-state index contributed by atoms with van der Waals surface area (Å²) in [6, 6.07) is 6.22. The van der Waals surface area contributed by atoms with E-state index in [0.29, 0.717) is 0 Å². The molecule has 1 heterocycles. The number of rotatable bonds is 4. The molecule has 2 N–H and O–H groups in total. The molecule has 0 radical (unpaired) electrons. The van der Waals surface area contributed by atoms with Gasteiger partial charge < -0.3 is 5.73 Å². The zero-order valence-corrected chi connectivity index (χ0v) is 13.9. The summed E-state index contributed by atoms with van der Waals surface area (Å²) in [4.78, 5) is 1.13. The smallest absolute Gasteiger partial charge is 0.179 e. The number of halogens is 1. The Balaban J connectivity index is 2.19. The van der Waals surface area contributed by atoms with Crippen molar-refractivity contribution in [1.29, 1.82) is 0 Å². The molecule has 96 valence electrons. The molecule has 0 aliphatic carbocycles. The standard InChI is InChI=1S/C11H12BrN3S3/c1-6(13)7-3-4-9(8(12)5-7)17-11-15-14-10(16-2)18-11/h3-6H,13H2,1-2H3/t6-/m0/s1. The first-order valence-electron chi connectivity index (χ1n) is 5.20. The molecule has 3 nitrogen and oxygen atoms in total. The van der Waals surface area contributed by atoms with Gasteiger partial charge in [0.2, 0.25) is 0 Å². The third kappa shape index (κ3) is 3.48. The highest BCUT2D eigenvalue weighted by molar-refractivity contribution is 9.10. The number of hydrogen-bond donors (Lipinski definition) is 1. The van der Waals surface area contributed by atoms with Crippen LogP contribution in [0.25, 0.3) is 0 Å². The average Bonchev–Trinajstić information content (AvgIpc) is 2.79. The number of aromatic nitrogens is 2. The second-order valence-electron chi connectivity index (χ2n) is 3.62. The summed E-state index contributed by atoms with van der Waals surface area (Å²) in [7, 11) is 0. The van der Waals surface area contributed by atoms with Gasteiger partial charge in [-0.2, -0.15) is 0 Å². The molecule has 0 saturated carbocycles. The lowest BCUT2D eigenvalue weighted by Crippen LogP contribution is -2.04. The Bertz CT molecular complexity index is 542. The second-order valence-corrected chi connectivity index (χ2v) is 7.79. The van der Waals surface area contributed by atoms with Crippen molar-refractivity contribution in [3.63, 3.8) is 0 Å². The Labute approximate surface area is 127 Å². The maximum Gasteiger partial charge on any atom is 0.179 e. The SMILES string of the molecule is CSc1nnc(Sc2ccc([C@H](C)N)cc2Br)s1. The van der Waals surface area contributed by atoms with Crippen molar-refractivity contribution in [2.75, 3.05) is 6.26 Å². The van der Waals surface area contributed by atoms with Gasteiger partial charge in [-0.05, 0) is 46.8 Å². The van der Waals surface area contributed by atoms with Crippen molar-refractivity contribution in [2.24, 2.45) is 5.73 Å². The lowest BCUT2D eigenvalue weighted by atomic mass is 10.1.